The number of aliphatic hydroxyl groups excluding tert-OH is 6. The van der Waals surface area contributed by atoms with E-state index in [9.17, 15) is 59.4 Å². The number of esters is 6. The maximum Gasteiger partial charge on any atom is 0.333 e. The van der Waals surface area contributed by atoms with Crippen LogP contribution < -0.4 is 14.2 Å². The number of aliphatic hydroxyl groups is 6. The predicted octanol–water partition coefficient (Wildman–Crippen LogP) is 24.4. The van der Waals surface area contributed by atoms with Crippen molar-refractivity contribution < 1.29 is 102 Å². The maximum absolute atomic E-state index is 12.0. The summed E-state index contributed by atoms with van der Waals surface area (Å²) >= 11 is 0. The van der Waals surface area contributed by atoms with Gasteiger partial charge in [0.15, 0.2) is 0 Å². The van der Waals surface area contributed by atoms with Crippen molar-refractivity contribution in [2.75, 3.05) is 99.1 Å². The molecular weight excluding hydrogens is 1850 g/mol. The predicted molar refractivity (Wildman–Crippen MR) is 590 cm³/mol. The number of hydrogen-bond donors (Lipinski definition) is 6. The van der Waals surface area contributed by atoms with Crippen LogP contribution in [0.25, 0.3) is 66.8 Å². The Hall–Kier alpha value is -12.6. The summed E-state index contributed by atoms with van der Waals surface area (Å²) in [5.41, 5.74) is 28.8. The summed E-state index contributed by atoms with van der Waals surface area (Å²) in [7, 11) is 0. The van der Waals surface area contributed by atoms with Crippen LogP contribution in [0.2, 0.25) is 0 Å². The first-order valence-corrected chi connectivity index (χ1v) is 52.3. The third-order valence-electron chi connectivity index (χ3n) is 25.5. The van der Waals surface area contributed by atoms with E-state index in [0.29, 0.717) is 150 Å². The number of aryl methyl sites for hydroxylation is 12. The second-order valence-electron chi connectivity index (χ2n) is 38.6. The molecule has 0 spiro atoms. The lowest BCUT2D eigenvalue weighted by Crippen LogP contribution is -2.16. The highest BCUT2D eigenvalue weighted by molar-refractivity contribution is 5.90. The van der Waals surface area contributed by atoms with Crippen LogP contribution in [0.1, 0.15) is 225 Å². The molecule has 21 heteroatoms. The van der Waals surface area contributed by atoms with Crippen molar-refractivity contribution in [3.63, 3.8) is 0 Å². The van der Waals surface area contributed by atoms with Crippen molar-refractivity contribution in [3.8, 4) is 84.0 Å². The van der Waals surface area contributed by atoms with Gasteiger partial charge in [0.1, 0.15) is 17.2 Å². The van der Waals surface area contributed by atoms with E-state index in [4.69, 9.17) is 42.6 Å². The molecule has 0 bridgehead atoms. The normalized spacial score (nSPS) is 11.0. The highest BCUT2D eigenvalue weighted by Gasteiger charge is 2.24. The van der Waals surface area contributed by atoms with Crippen molar-refractivity contribution in [3.05, 3.63) is 303 Å². The van der Waals surface area contributed by atoms with Gasteiger partial charge in [0.05, 0.1) is 59.5 Å². The molecule has 792 valence electrons. The average Bonchev–Trinajstić information content (AvgIpc) is 0.796. The quantitative estimate of drug-likeness (QED) is 0.00893. The van der Waals surface area contributed by atoms with Crippen LogP contribution >= 0.6 is 0 Å². The Kier molecular flexibility index (Phi) is 54.4. The van der Waals surface area contributed by atoms with Gasteiger partial charge in [-0.3, -0.25) is 0 Å². The smallest absolute Gasteiger partial charge is 0.333 e. The summed E-state index contributed by atoms with van der Waals surface area (Å²) < 4.78 is 51.5. The van der Waals surface area contributed by atoms with Crippen molar-refractivity contribution >= 4 is 35.8 Å². The zero-order valence-electron chi connectivity index (χ0n) is 89.4. The van der Waals surface area contributed by atoms with Gasteiger partial charge in [-0.15, -0.1) is 0 Å². The van der Waals surface area contributed by atoms with Crippen molar-refractivity contribution in [2.45, 2.75) is 237 Å². The molecule has 0 amide bonds. The maximum atomic E-state index is 12.0. The molecule has 9 rings (SSSR count). The summed E-state index contributed by atoms with van der Waals surface area (Å²) in [6.07, 6.45) is 18.9. The zero-order chi connectivity index (χ0) is 107. The molecule has 21 nitrogen and oxygen atoms in total. The van der Waals surface area contributed by atoms with Crippen molar-refractivity contribution in [1.82, 2.24) is 0 Å². The van der Waals surface area contributed by atoms with E-state index < -0.39 is 35.8 Å². The Bertz CT molecular complexity index is 5600. The van der Waals surface area contributed by atoms with E-state index in [-0.39, 0.29) is 97.0 Å². The third kappa shape index (κ3) is 41.2. The molecule has 0 saturated heterocycles. The summed E-state index contributed by atoms with van der Waals surface area (Å²) in [6.45, 7) is 46.3. The van der Waals surface area contributed by atoms with Gasteiger partial charge in [-0.05, 0) is 361 Å². The second kappa shape index (κ2) is 65.9. The molecule has 0 saturated carbocycles. The number of carbonyl (C=O) groups excluding carboxylic acids is 6. The Morgan fingerprint density at radius 1 is 0.238 bits per heavy atom. The molecule has 9 aromatic carbocycles. The van der Waals surface area contributed by atoms with Gasteiger partial charge in [-0.1, -0.05) is 213 Å². The molecule has 0 aliphatic heterocycles. The summed E-state index contributed by atoms with van der Waals surface area (Å²) in [4.78, 5) is 72.1. The third-order valence-corrected chi connectivity index (χ3v) is 25.5. The van der Waals surface area contributed by atoms with Crippen LogP contribution in [-0.2, 0) is 115 Å². The number of benzene rings is 9. The standard InChI is InChI=1S/C43H56O7.C42H54O7.C41H52O7/c1-7-8-9-12-33-15-17-35(18-16-33)36-19-20-40(32(6)25-36)39-26-37(13-10-22-49-42(46)30(2)3)41(48-24-21-34(28-44)29-45)38(27-39)14-11-23-50-43(47)31(4)5;1-7-8-11-32-14-16-34(17-15-32)35-18-19-39(31(6)24-35)38-25-36(12-9-21-48-41(45)29(2)3)40(47-23-20-33(27-43)28-44)37(26-38)13-10-22-49-42(46)30(4)5;1-7-10-31-13-15-33(16-14-31)34-17-18-38(30(6)23-34)37-24-35(11-8-20-47-40(44)28(2)3)39(46-22-19-32(26-42)27-43)36(25-37)12-9-21-48-41(45)29(4)5/h15-20,25-27,34,44-45H,2,4,7-14,21-24,28-29H2,1,3,5-6H3;14-19,24-26,33,43-44H,2,4,7-13,20-23,27-28H2,1,3,5-6H3;13-18,23-25,32,42-43H,2,4,7-12,19-22,26-27H2,1,3,5-6H3. The van der Waals surface area contributed by atoms with Gasteiger partial charge >= 0.3 is 35.8 Å². The van der Waals surface area contributed by atoms with Gasteiger partial charge in [-0.2, -0.15) is 0 Å². The van der Waals surface area contributed by atoms with E-state index in [1.54, 1.807) is 41.5 Å². The molecule has 147 heavy (non-hydrogen) atoms. The molecule has 0 radical (unpaired) electrons. The lowest BCUT2D eigenvalue weighted by molar-refractivity contribution is -0.139. The molecule has 0 unspecified atom stereocenters. The van der Waals surface area contributed by atoms with Crippen LogP contribution in [0, 0.1) is 38.5 Å². The molecule has 0 aromatic heterocycles. The number of ether oxygens (including phenoxy) is 9. The van der Waals surface area contributed by atoms with Crippen LogP contribution in [0.15, 0.2) is 237 Å². The first-order chi connectivity index (χ1) is 70.7. The minimum absolute atomic E-state index is 0.126. The molecule has 0 aliphatic rings. The van der Waals surface area contributed by atoms with Gasteiger partial charge < -0.3 is 73.3 Å². The fourth-order valence-corrected chi connectivity index (χ4v) is 16.7. The molecule has 0 heterocycles. The highest BCUT2D eigenvalue weighted by atomic mass is 16.6. The SMILES string of the molecule is C=C(C)C(=O)OCCCc1cc(-c2ccc(-c3ccc(CCC)cc3)cc2C)cc(CCCOC(=O)C(=C)C)c1OCCC(CO)CO.C=C(C)C(=O)OCCCc1cc(-c2ccc(-c3ccc(CCCC)cc3)cc2C)cc(CCCOC(=O)C(=C)C)c1OCCC(CO)CO.C=C(C)C(=O)OCCCc1cc(-c2ccc(-c3ccc(CCCCC)cc3)cc2C)cc(CCCOC(=O)C(=C)C)c1OCCC(CO)CO. The zero-order valence-corrected chi connectivity index (χ0v) is 89.4. The topological polar surface area (TPSA) is 307 Å². The van der Waals surface area contributed by atoms with Crippen molar-refractivity contribution in [1.29, 1.82) is 0 Å². The van der Waals surface area contributed by atoms with E-state index in [2.05, 4.69) is 245 Å². The monoisotopic (exact) mass is 2010 g/mol. The Morgan fingerprint density at radius 3 is 0.646 bits per heavy atom. The number of rotatable bonds is 63. The summed E-state index contributed by atoms with van der Waals surface area (Å²) in [6, 6.07) is 58.9. The Labute approximate surface area is 874 Å². The van der Waals surface area contributed by atoms with Gasteiger partial charge in [0.2, 0.25) is 0 Å². The largest absolute Gasteiger partial charge is 0.493 e. The van der Waals surface area contributed by atoms with Crippen LogP contribution in [0.5, 0.6) is 17.2 Å². The first kappa shape index (κ1) is 121. The van der Waals surface area contributed by atoms with Gasteiger partial charge in [0, 0.05) is 90.8 Å². The fourth-order valence-electron chi connectivity index (χ4n) is 16.7. The molecule has 9 aromatic rings. The van der Waals surface area contributed by atoms with Crippen LogP contribution in [0.3, 0.4) is 0 Å². The molecule has 0 fully saturated rings. The Morgan fingerprint density at radius 2 is 0.449 bits per heavy atom. The minimum Gasteiger partial charge on any atom is -0.493 e. The van der Waals surface area contributed by atoms with E-state index in [1.165, 1.54) is 65.5 Å². The fraction of sp³-hybridized carbons (Fsp3) is 0.429. The number of unbranched alkanes of at least 4 members (excludes halogenated alkanes) is 3. The lowest BCUT2D eigenvalue weighted by Gasteiger charge is -2.20. The molecule has 0 aliphatic carbocycles. The molecule has 6 N–H and O–H groups in total. The Balaban J connectivity index is 0.000000299. The van der Waals surface area contributed by atoms with Gasteiger partial charge in [-0.25, -0.2) is 28.8 Å². The lowest BCUT2D eigenvalue weighted by atomic mass is 9.91. The number of hydrogen-bond acceptors (Lipinski definition) is 21. The highest BCUT2D eigenvalue weighted by Crippen LogP contribution is 2.41. The van der Waals surface area contributed by atoms with Crippen LogP contribution in [0.4, 0.5) is 0 Å². The first-order valence-electron chi connectivity index (χ1n) is 52.3. The molecular formula is C126H162O21. The van der Waals surface area contributed by atoms with E-state index in [0.717, 1.165) is 143 Å². The van der Waals surface area contributed by atoms with Crippen molar-refractivity contribution in [2.24, 2.45) is 17.8 Å². The second-order valence-corrected chi connectivity index (χ2v) is 38.6. The van der Waals surface area contributed by atoms with E-state index >= 15 is 0 Å². The van der Waals surface area contributed by atoms with Gasteiger partial charge in [0.25, 0.3) is 0 Å². The average molecular weight is 2010 g/mol. The summed E-state index contributed by atoms with van der Waals surface area (Å²) in [5.74, 6) is -1.13. The van der Waals surface area contributed by atoms with E-state index in [1.807, 2.05) is 0 Å². The summed E-state index contributed by atoms with van der Waals surface area (Å²) in [5, 5.41) is 57.6. The minimum atomic E-state index is -0.417. The van der Waals surface area contributed by atoms with Crippen LogP contribution in [-0.4, -0.2) is 166 Å². The molecule has 0 atom stereocenters. The number of carbonyl (C=O) groups is 6.